The normalized spacial score (nSPS) is 16.4. The predicted molar refractivity (Wildman–Crippen MR) is 358 cm³/mol. The number of nitrogens with zero attached hydrogens (tertiary/aromatic N) is 2. The highest BCUT2D eigenvalue weighted by Crippen LogP contribution is 2.49. The number of fused-ring (bicyclic) bond motifs is 5. The minimum Gasteiger partial charge on any atom is -0.310 e. The van der Waals surface area contributed by atoms with Gasteiger partial charge in [-0.25, -0.2) is 0 Å². The molecule has 0 spiro atoms. The van der Waals surface area contributed by atoms with Crippen molar-refractivity contribution < 1.29 is 0 Å². The Kier molecular flexibility index (Phi) is 13.6. The Morgan fingerprint density at radius 2 is 0.852 bits per heavy atom. The summed E-state index contributed by atoms with van der Waals surface area (Å²) in [5.41, 5.74) is 16.5. The minimum atomic E-state index is 0.274. The molecule has 0 heterocycles. The average Bonchev–Trinajstić information content (AvgIpc) is 3.70. The van der Waals surface area contributed by atoms with Crippen molar-refractivity contribution in [2.75, 3.05) is 9.80 Å². The molecule has 14 rings (SSSR count). The van der Waals surface area contributed by atoms with Crippen molar-refractivity contribution in [3.63, 3.8) is 0 Å². The summed E-state index contributed by atoms with van der Waals surface area (Å²) in [6.07, 6.45) is 23.4. The number of rotatable bonds is 10. The van der Waals surface area contributed by atoms with E-state index < -0.39 is 0 Å². The molecule has 2 aliphatic rings. The molecule has 1 atom stereocenters. The number of anilines is 6. The van der Waals surface area contributed by atoms with Crippen LogP contribution in [0.25, 0.3) is 81.7 Å². The summed E-state index contributed by atoms with van der Waals surface area (Å²) in [7, 11) is 0. The highest BCUT2D eigenvalue weighted by Gasteiger charge is 2.25. The summed E-state index contributed by atoms with van der Waals surface area (Å²) in [6.45, 7) is 0. The van der Waals surface area contributed by atoms with E-state index in [9.17, 15) is 0 Å². The van der Waals surface area contributed by atoms with E-state index in [2.05, 4.69) is 336 Å². The van der Waals surface area contributed by atoms with Crippen molar-refractivity contribution in [2.24, 2.45) is 0 Å². The SMILES string of the molecule is I[C@H]1/C=C\C=C/C/C=C(c2cccc(-c3c4ccc(N(c5ccccc5)c5ccc6ccccc6c5)cc4c(C4=CC(c5ccc6ccccc6c5)=CCC4)c4ccc(N(c5ccccc5)c5ccc6ccccc6c5)cc34)c2)\C=C/1. The largest absolute Gasteiger partial charge is 0.310 e. The van der Waals surface area contributed by atoms with Gasteiger partial charge in [-0.15, -0.1) is 0 Å². The fourth-order valence-corrected chi connectivity index (χ4v) is 12.7. The van der Waals surface area contributed by atoms with Crippen LogP contribution in [0.1, 0.15) is 36.0 Å². The summed E-state index contributed by atoms with van der Waals surface area (Å²) in [5, 5.41) is 12.2. The zero-order chi connectivity index (χ0) is 54.1. The first-order valence-corrected chi connectivity index (χ1v) is 29.4. The third-order valence-electron chi connectivity index (χ3n) is 16.1. The van der Waals surface area contributed by atoms with Crippen molar-refractivity contribution in [1.82, 2.24) is 0 Å². The lowest BCUT2D eigenvalue weighted by Crippen LogP contribution is -2.10. The first kappa shape index (κ1) is 50.0. The third kappa shape index (κ3) is 10.00. The number of benzene rings is 12. The van der Waals surface area contributed by atoms with Crippen LogP contribution in [-0.4, -0.2) is 3.92 Å². The van der Waals surface area contributed by atoms with E-state index in [1.165, 1.54) is 98.4 Å². The molecule has 2 nitrogen and oxygen atoms in total. The van der Waals surface area contributed by atoms with E-state index in [4.69, 9.17) is 0 Å². The summed E-state index contributed by atoms with van der Waals surface area (Å²) < 4.78 is 0.274. The van der Waals surface area contributed by atoms with Gasteiger partial charge in [-0.05, 0) is 203 Å². The Morgan fingerprint density at radius 1 is 0.346 bits per heavy atom. The maximum Gasteiger partial charge on any atom is 0.0476 e. The van der Waals surface area contributed by atoms with Gasteiger partial charge in [0.25, 0.3) is 0 Å². The van der Waals surface area contributed by atoms with Gasteiger partial charge < -0.3 is 9.80 Å². The van der Waals surface area contributed by atoms with Gasteiger partial charge in [0.1, 0.15) is 0 Å². The Balaban J connectivity index is 1.06. The van der Waals surface area contributed by atoms with Gasteiger partial charge in [-0.3, -0.25) is 0 Å². The van der Waals surface area contributed by atoms with Crippen LogP contribution in [0.5, 0.6) is 0 Å². The minimum absolute atomic E-state index is 0.274. The molecule has 0 aliphatic heterocycles. The molecule has 81 heavy (non-hydrogen) atoms. The highest BCUT2D eigenvalue weighted by molar-refractivity contribution is 14.1. The quantitative estimate of drug-likeness (QED) is 0.0765. The fraction of sp³-hybridized carbons (Fsp3) is 0.0513. The smallest absolute Gasteiger partial charge is 0.0476 e. The molecule has 0 saturated carbocycles. The maximum atomic E-state index is 2.51. The Bertz CT molecular complexity index is 4580. The Morgan fingerprint density at radius 3 is 1.48 bits per heavy atom. The fourth-order valence-electron chi connectivity index (χ4n) is 12.2. The molecule has 12 aromatic rings. The lowest BCUT2D eigenvalue weighted by Gasteiger charge is -2.29. The molecule has 0 radical (unpaired) electrons. The lowest BCUT2D eigenvalue weighted by molar-refractivity contribution is 1.06. The zero-order valence-electron chi connectivity index (χ0n) is 44.8. The van der Waals surface area contributed by atoms with Crippen LogP contribution >= 0.6 is 22.6 Å². The van der Waals surface area contributed by atoms with Gasteiger partial charge in [0.2, 0.25) is 0 Å². The molecule has 0 N–H and O–H groups in total. The molecule has 0 aromatic heterocycles. The van der Waals surface area contributed by atoms with Gasteiger partial charge in [0.05, 0.1) is 0 Å². The summed E-state index contributed by atoms with van der Waals surface area (Å²) >= 11 is 2.51. The van der Waals surface area contributed by atoms with Crippen molar-refractivity contribution in [2.45, 2.75) is 23.2 Å². The number of alkyl halides is 1. The maximum absolute atomic E-state index is 2.51. The summed E-state index contributed by atoms with van der Waals surface area (Å²) in [6, 6.07) is 92.2. The van der Waals surface area contributed by atoms with E-state index in [-0.39, 0.29) is 3.92 Å². The molecule has 0 amide bonds. The predicted octanol–water partition coefficient (Wildman–Crippen LogP) is 22.6. The Hall–Kier alpha value is -9.29. The molecule has 3 heteroatoms. The average molecular weight is 1150 g/mol. The summed E-state index contributed by atoms with van der Waals surface area (Å²) in [4.78, 5) is 4.86. The number of para-hydroxylation sites is 2. The molecule has 12 aromatic carbocycles. The number of hydrogen-bond donors (Lipinski definition) is 0. The molecule has 386 valence electrons. The van der Waals surface area contributed by atoms with Crippen molar-refractivity contribution in [1.29, 1.82) is 0 Å². The third-order valence-corrected chi connectivity index (χ3v) is 16.9. The molecule has 0 bridgehead atoms. The number of hydrogen-bond acceptors (Lipinski definition) is 2. The molecule has 2 aliphatic carbocycles. The molecule has 0 saturated heterocycles. The summed E-state index contributed by atoms with van der Waals surface area (Å²) in [5.74, 6) is 0. The number of allylic oxidation sites excluding steroid dienone is 12. The van der Waals surface area contributed by atoms with E-state index in [1.807, 2.05) is 0 Å². The van der Waals surface area contributed by atoms with Gasteiger partial charge in [0, 0.05) is 38.0 Å². The molecule has 0 fully saturated rings. The molecular weight excluding hydrogens is 1090 g/mol. The van der Waals surface area contributed by atoms with E-state index in [0.717, 1.165) is 53.4 Å². The number of halogens is 1. The first-order chi connectivity index (χ1) is 40.1. The Labute approximate surface area is 488 Å². The van der Waals surface area contributed by atoms with Gasteiger partial charge in [-0.1, -0.05) is 241 Å². The second-order valence-corrected chi connectivity index (χ2v) is 22.6. The van der Waals surface area contributed by atoms with Crippen LogP contribution in [0, 0.1) is 0 Å². The van der Waals surface area contributed by atoms with Crippen molar-refractivity contribution in [3.05, 3.63) is 320 Å². The van der Waals surface area contributed by atoms with Crippen LogP contribution in [0.2, 0.25) is 0 Å². The van der Waals surface area contributed by atoms with Gasteiger partial charge in [-0.2, -0.15) is 0 Å². The van der Waals surface area contributed by atoms with Gasteiger partial charge >= 0.3 is 0 Å². The lowest BCUT2D eigenvalue weighted by atomic mass is 9.81. The molecular formula is C78H57IN2. The van der Waals surface area contributed by atoms with E-state index in [0.29, 0.717) is 0 Å². The van der Waals surface area contributed by atoms with Crippen LogP contribution in [0.15, 0.2) is 303 Å². The van der Waals surface area contributed by atoms with Crippen LogP contribution in [0.4, 0.5) is 34.1 Å². The van der Waals surface area contributed by atoms with Crippen LogP contribution in [-0.2, 0) is 0 Å². The monoisotopic (exact) mass is 1150 g/mol. The standard InChI is InChI=1S/C78H57IN2/c79-66-30-6-2-1-5-19-55(37-40-66)59-26-17-28-64(48-59)77-73-45-43-72(81(68-33-9-4-10-34-68)70-42-39-57-22-13-16-25-62(57)51-70)53-76(73)78(65-29-18-27-60(49-65)63-36-35-54-20-11-14-23-58(54)47-63)74-46-44-71(52-75(74)77)80(67-31-7-3-8-32-67)69-41-38-56-21-12-15-24-61(56)50-69/h1-4,6-17,19-28,30-53,66H,5,18,29H2/b2-1-,30-6-,40-37-,55-19+/t66-/m0/s1. The second kappa shape index (κ2) is 22.1. The van der Waals surface area contributed by atoms with Crippen LogP contribution in [0.3, 0.4) is 0 Å². The second-order valence-electron chi connectivity index (χ2n) is 21.1. The first-order valence-electron chi connectivity index (χ1n) is 28.1. The van der Waals surface area contributed by atoms with Crippen molar-refractivity contribution >= 4 is 127 Å². The zero-order valence-corrected chi connectivity index (χ0v) is 47.0. The van der Waals surface area contributed by atoms with E-state index in [1.54, 1.807) is 0 Å². The van der Waals surface area contributed by atoms with Crippen LogP contribution < -0.4 is 9.80 Å². The van der Waals surface area contributed by atoms with E-state index >= 15 is 0 Å². The molecule has 0 unspecified atom stereocenters. The van der Waals surface area contributed by atoms with Gasteiger partial charge in [0.15, 0.2) is 0 Å². The topological polar surface area (TPSA) is 6.48 Å². The van der Waals surface area contributed by atoms with Crippen molar-refractivity contribution in [3.8, 4) is 11.1 Å². The highest BCUT2D eigenvalue weighted by atomic mass is 127.